The van der Waals surface area contributed by atoms with E-state index in [9.17, 15) is 4.79 Å². The third kappa shape index (κ3) is 11.2. The van der Waals surface area contributed by atoms with Crippen LogP contribution in [-0.2, 0) is 4.79 Å². The van der Waals surface area contributed by atoms with Gasteiger partial charge in [-0.05, 0) is 45.9 Å². The molecule has 0 heterocycles. The van der Waals surface area contributed by atoms with E-state index in [1.54, 1.807) is 0 Å². The summed E-state index contributed by atoms with van der Waals surface area (Å²) < 4.78 is 0. The lowest BCUT2D eigenvalue weighted by Gasteiger charge is -2.12. The van der Waals surface area contributed by atoms with E-state index in [4.69, 9.17) is 0 Å². The van der Waals surface area contributed by atoms with Crippen LogP contribution in [0.3, 0.4) is 0 Å². The first-order valence-corrected chi connectivity index (χ1v) is 9.91. The first-order valence-electron chi connectivity index (χ1n) is 8.86. The normalized spacial score (nSPS) is 15.9. The molecule has 0 rings (SSSR count). The summed E-state index contributed by atoms with van der Waals surface area (Å²) in [5.41, 5.74) is 0. The standard InChI is InChI=1S/C18H36N2OS/c1-6-8-9-17(7-2)18(21)10-12-20-14-16(4)22-13-11-15(3)19-5/h14-17,19H,6-13H2,1-5H3. The van der Waals surface area contributed by atoms with E-state index < -0.39 is 0 Å². The molecule has 0 aliphatic carbocycles. The Morgan fingerprint density at radius 2 is 2.00 bits per heavy atom. The van der Waals surface area contributed by atoms with Crippen LogP contribution in [0.25, 0.3) is 0 Å². The van der Waals surface area contributed by atoms with Gasteiger partial charge in [-0.15, -0.1) is 0 Å². The molecule has 130 valence electrons. The van der Waals surface area contributed by atoms with Crippen LogP contribution in [0, 0.1) is 5.92 Å². The quantitative estimate of drug-likeness (QED) is 0.482. The number of thioether (sulfide) groups is 1. The van der Waals surface area contributed by atoms with Crippen molar-refractivity contribution in [3.8, 4) is 0 Å². The molecule has 3 nitrogen and oxygen atoms in total. The summed E-state index contributed by atoms with van der Waals surface area (Å²) in [6.07, 6.45) is 8.13. The molecule has 0 aliphatic rings. The molecule has 0 saturated carbocycles. The van der Waals surface area contributed by atoms with Gasteiger partial charge in [-0.1, -0.05) is 26.7 Å². The second-order valence-electron chi connectivity index (χ2n) is 6.07. The van der Waals surface area contributed by atoms with Gasteiger partial charge in [-0.25, -0.2) is 0 Å². The first-order chi connectivity index (χ1) is 10.5. The smallest absolute Gasteiger partial charge is 0.137 e. The molecule has 0 aromatic heterocycles. The van der Waals surface area contributed by atoms with E-state index in [1.807, 2.05) is 25.0 Å². The number of carbonyl (C=O) groups excluding carboxylic acids is 1. The highest BCUT2D eigenvalue weighted by Gasteiger charge is 2.14. The maximum atomic E-state index is 12.1. The number of nitrogens with zero attached hydrogens (tertiary/aromatic N) is 1. The average molecular weight is 329 g/mol. The molecule has 0 saturated heterocycles. The summed E-state index contributed by atoms with van der Waals surface area (Å²) in [4.78, 5) is 16.6. The number of hydrogen-bond acceptors (Lipinski definition) is 4. The molecule has 0 aliphatic heterocycles. The van der Waals surface area contributed by atoms with Gasteiger partial charge in [-0.2, -0.15) is 11.8 Å². The number of aliphatic imine (C=N–C) groups is 1. The van der Waals surface area contributed by atoms with Crippen molar-refractivity contribution in [2.75, 3.05) is 19.3 Å². The van der Waals surface area contributed by atoms with Crippen molar-refractivity contribution in [1.82, 2.24) is 5.32 Å². The zero-order valence-electron chi connectivity index (χ0n) is 15.2. The Hall–Kier alpha value is -0.350. The van der Waals surface area contributed by atoms with Gasteiger partial charge in [0.05, 0.1) is 0 Å². The first kappa shape index (κ1) is 21.6. The lowest BCUT2D eigenvalue weighted by molar-refractivity contribution is -0.123. The van der Waals surface area contributed by atoms with Crippen LogP contribution < -0.4 is 5.32 Å². The molecule has 3 unspecified atom stereocenters. The van der Waals surface area contributed by atoms with Gasteiger partial charge in [0, 0.05) is 36.4 Å². The summed E-state index contributed by atoms with van der Waals surface area (Å²) in [5.74, 6) is 1.80. The number of hydrogen-bond donors (Lipinski definition) is 1. The van der Waals surface area contributed by atoms with Gasteiger partial charge in [0.1, 0.15) is 5.78 Å². The maximum absolute atomic E-state index is 12.1. The number of rotatable bonds is 14. The van der Waals surface area contributed by atoms with Gasteiger partial charge in [0.25, 0.3) is 0 Å². The third-order valence-corrected chi connectivity index (χ3v) is 5.20. The Morgan fingerprint density at radius 1 is 1.27 bits per heavy atom. The number of carbonyl (C=O) groups is 1. The van der Waals surface area contributed by atoms with Gasteiger partial charge >= 0.3 is 0 Å². The fourth-order valence-electron chi connectivity index (χ4n) is 2.26. The zero-order valence-corrected chi connectivity index (χ0v) is 16.0. The van der Waals surface area contributed by atoms with E-state index in [0.717, 1.165) is 25.0 Å². The van der Waals surface area contributed by atoms with Gasteiger partial charge in [-0.3, -0.25) is 9.79 Å². The minimum atomic E-state index is 0.255. The van der Waals surface area contributed by atoms with E-state index in [0.29, 0.717) is 30.0 Å². The van der Waals surface area contributed by atoms with Crippen molar-refractivity contribution in [2.45, 2.75) is 77.5 Å². The van der Waals surface area contributed by atoms with Crippen molar-refractivity contribution in [2.24, 2.45) is 10.9 Å². The molecule has 0 aromatic rings. The Bertz CT molecular complexity index is 307. The van der Waals surface area contributed by atoms with E-state index in [2.05, 4.69) is 38.0 Å². The molecule has 0 aromatic carbocycles. The molecule has 22 heavy (non-hydrogen) atoms. The largest absolute Gasteiger partial charge is 0.317 e. The second-order valence-corrected chi connectivity index (χ2v) is 7.56. The zero-order chi connectivity index (χ0) is 16.8. The van der Waals surface area contributed by atoms with E-state index in [1.165, 1.54) is 12.8 Å². The minimum Gasteiger partial charge on any atom is -0.317 e. The van der Waals surface area contributed by atoms with Gasteiger partial charge in [0.15, 0.2) is 0 Å². The summed E-state index contributed by atoms with van der Waals surface area (Å²) >= 11 is 1.93. The Balaban J connectivity index is 3.84. The topological polar surface area (TPSA) is 41.5 Å². The molecule has 1 N–H and O–H groups in total. The number of ketones is 1. The van der Waals surface area contributed by atoms with Crippen LogP contribution in [0.4, 0.5) is 0 Å². The molecule has 0 fully saturated rings. The molecule has 4 heteroatoms. The molecule has 0 spiro atoms. The van der Waals surface area contributed by atoms with Crippen LogP contribution in [0.1, 0.15) is 66.2 Å². The lowest BCUT2D eigenvalue weighted by Crippen LogP contribution is -2.21. The van der Waals surface area contributed by atoms with Crippen LogP contribution in [0.5, 0.6) is 0 Å². The Labute approximate surface area is 142 Å². The molecule has 0 radical (unpaired) electrons. The summed E-state index contributed by atoms with van der Waals surface area (Å²) in [7, 11) is 2.00. The van der Waals surface area contributed by atoms with Crippen molar-refractivity contribution < 1.29 is 4.79 Å². The fraction of sp³-hybridized carbons (Fsp3) is 0.889. The number of unbranched alkanes of at least 4 members (excludes halogenated alkanes) is 1. The van der Waals surface area contributed by atoms with Crippen molar-refractivity contribution in [3.63, 3.8) is 0 Å². The summed E-state index contributed by atoms with van der Waals surface area (Å²) in [5, 5.41) is 3.68. The summed E-state index contributed by atoms with van der Waals surface area (Å²) in [6.45, 7) is 9.33. The molecular formula is C18H36N2OS. The van der Waals surface area contributed by atoms with Crippen molar-refractivity contribution in [1.29, 1.82) is 0 Å². The van der Waals surface area contributed by atoms with Crippen LogP contribution in [0.15, 0.2) is 4.99 Å². The highest BCUT2D eigenvalue weighted by Crippen LogP contribution is 2.15. The molecule has 0 amide bonds. The highest BCUT2D eigenvalue weighted by atomic mass is 32.2. The van der Waals surface area contributed by atoms with Gasteiger partial charge in [0.2, 0.25) is 0 Å². The SMILES string of the molecule is CCCCC(CC)C(=O)CCN=CC(C)SCCC(C)NC. The van der Waals surface area contributed by atoms with E-state index in [-0.39, 0.29) is 5.92 Å². The summed E-state index contributed by atoms with van der Waals surface area (Å²) in [6, 6.07) is 0.573. The van der Waals surface area contributed by atoms with Gasteiger partial charge < -0.3 is 5.32 Å². The predicted molar refractivity (Wildman–Crippen MR) is 101 cm³/mol. The predicted octanol–water partition coefficient (Wildman–Crippen LogP) is 4.35. The van der Waals surface area contributed by atoms with Crippen molar-refractivity contribution >= 4 is 23.8 Å². The Morgan fingerprint density at radius 3 is 2.59 bits per heavy atom. The third-order valence-electron chi connectivity index (χ3n) is 4.08. The lowest BCUT2D eigenvalue weighted by atomic mass is 9.93. The Kier molecular flexibility index (Phi) is 14.0. The van der Waals surface area contributed by atoms with Crippen molar-refractivity contribution in [3.05, 3.63) is 0 Å². The second kappa shape index (κ2) is 14.3. The molecule has 0 bridgehead atoms. The van der Waals surface area contributed by atoms with E-state index >= 15 is 0 Å². The monoisotopic (exact) mass is 328 g/mol. The average Bonchev–Trinajstić information content (AvgIpc) is 2.52. The fourth-order valence-corrected chi connectivity index (χ4v) is 3.30. The minimum absolute atomic E-state index is 0.255. The van der Waals surface area contributed by atoms with Crippen LogP contribution in [-0.4, -0.2) is 42.6 Å². The number of nitrogens with one attached hydrogen (secondary N) is 1. The molecule has 3 atom stereocenters. The van der Waals surface area contributed by atoms with Crippen LogP contribution >= 0.6 is 11.8 Å². The number of Topliss-reactive ketones (excluding diaryl/α,β-unsaturated/α-hetero) is 1. The molecular weight excluding hydrogens is 292 g/mol. The van der Waals surface area contributed by atoms with Crippen LogP contribution in [0.2, 0.25) is 0 Å². The highest BCUT2D eigenvalue weighted by molar-refractivity contribution is 8.00. The maximum Gasteiger partial charge on any atom is 0.137 e.